The molecular formula is C24H18O2S. The van der Waals surface area contributed by atoms with E-state index in [4.69, 9.17) is 9.47 Å². The molecule has 0 heterocycles. The average molecular weight is 370 g/mol. The molecule has 0 spiro atoms. The number of ether oxygens (including phenoxy) is 2. The predicted molar refractivity (Wildman–Crippen MR) is 112 cm³/mol. The number of hydrogen-bond donors (Lipinski definition) is 1. The van der Waals surface area contributed by atoms with Crippen LogP contribution in [0.25, 0.3) is 11.1 Å². The summed E-state index contributed by atoms with van der Waals surface area (Å²) in [7, 11) is 0. The van der Waals surface area contributed by atoms with Gasteiger partial charge in [-0.1, -0.05) is 66.7 Å². The van der Waals surface area contributed by atoms with Gasteiger partial charge in [-0.3, -0.25) is 0 Å². The normalized spacial score (nSPS) is 10.4. The number of rotatable bonds is 5. The number of thiol groups is 1. The molecule has 0 aliphatic rings. The van der Waals surface area contributed by atoms with Crippen LogP contribution in [0.5, 0.6) is 23.0 Å². The van der Waals surface area contributed by atoms with Gasteiger partial charge in [-0.2, -0.15) is 0 Å². The Labute approximate surface area is 164 Å². The van der Waals surface area contributed by atoms with Crippen molar-refractivity contribution in [1.29, 1.82) is 0 Å². The van der Waals surface area contributed by atoms with Gasteiger partial charge in [-0.15, -0.1) is 12.6 Å². The third-order valence-corrected chi connectivity index (χ3v) is 4.45. The molecule has 0 unspecified atom stereocenters. The molecule has 0 aliphatic heterocycles. The first-order valence-electron chi connectivity index (χ1n) is 8.68. The van der Waals surface area contributed by atoms with Crippen molar-refractivity contribution in [2.45, 2.75) is 4.90 Å². The average Bonchev–Trinajstić information content (AvgIpc) is 2.73. The van der Waals surface area contributed by atoms with Crippen LogP contribution in [0, 0.1) is 0 Å². The van der Waals surface area contributed by atoms with Gasteiger partial charge in [0.2, 0.25) is 0 Å². The van der Waals surface area contributed by atoms with E-state index >= 15 is 0 Å². The summed E-state index contributed by atoms with van der Waals surface area (Å²) < 4.78 is 12.4. The molecule has 2 nitrogen and oxygen atoms in total. The summed E-state index contributed by atoms with van der Waals surface area (Å²) in [6.07, 6.45) is 0. The molecule has 0 amide bonds. The lowest BCUT2D eigenvalue weighted by atomic mass is 10.0. The van der Waals surface area contributed by atoms with Crippen molar-refractivity contribution in [3.63, 3.8) is 0 Å². The Morgan fingerprint density at radius 2 is 0.963 bits per heavy atom. The van der Waals surface area contributed by atoms with Gasteiger partial charge in [0.25, 0.3) is 0 Å². The minimum absolute atomic E-state index is 0.592. The molecule has 0 saturated carbocycles. The second kappa shape index (κ2) is 8.02. The molecule has 0 atom stereocenters. The van der Waals surface area contributed by atoms with Gasteiger partial charge in [0.15, 0.2) is 11.5 Å². The third-order valence-electron chi connectivity index (χ3n) is 4.10. The Bertz CT molecular complexity index is 1020. The highest BCUT2D eigenvalue weighted by atomic mass is 32.1. The first kappa shape index (κ1) is 17.3. The first-order chi connectivity index (χ1) is 13.3. The fraction of sp³-hybridized carbons (Fsp3) is 0. The quantitative estimate of drug-likeness (QED) is 0.374. The van der Waals surface area contributed by atoms with Crippen molar-refractivity contribution in [2.24, 2.45) is 0 Å². The van der Waals surface area contributed by atoms with Crippen LogP contribution in [-0.4, -0.2) is 0 Å². The zero-order chi connectivity index (χ0) is 18.5. The van der Waals surface area contributed by atoms with Gasteiger partial charge < -0.3 is 9.47 Å². The fourth-order valence-electron chi connectivity index (χ4n) is 2.81. The van der Waals surface area contributed by atoms with Crippen molar-refractivity contribution in [3.8, 4) is 34.1 Å². The van der Waals surface area contributed by atoms with E-state index < -0.39 is 0 Å². The molecule has 27 heavy (non-hydrogen) atoms. The Morgan fingerprint density at radius 3 is 1.52 bits per heavy atom. The molecule has 0 aliphatic carbocycles. The molecule has 132 valence electrons. The largest absolute Gasteiger partial charge is 0.453 e. The van der Waals surface area contributed by atoms with Crippen molar-refractivity contribution in [1.82, 2.24) is 0 Å². The molecular weight excluding hydrogens is 352 g/mol. The second-order valence-electron chi connectivity index (χ2n) is 5.99. The molecule has 4 aromatic carbocycles. The maximum Gasteiger partial charge on any atom is 0.183 e. The molecule has 0 N–H and O–H groups in total. The lowest BCUT2D eigenvalue weighted by Crippen LogP contribution is -1.95. The highest BCUT2D eigenvalue weighted by Gasteiger charge is 2.18. The standard InChI is InChI=1S/C24H18O2S/c27-22-17-16-21(18-10-4-1-5-11-18)23(25-19-12-6-2-7-13-19)24(22)26-20-14-8-3-9-15-20/h1-17,27H. The van der Waals surface area contributed by atoms with Crippen LogP contribution in [0.1, 0.15) is 0 Å². The Hall–Kier alpha value is -3.17. The monoisotopic (exact) mass is 370 g/mol. The number of benzene rings is 4. The van der Waals surface area contributed by atoms with Crippen LogP contribution >= 0.6 is 12.6 Å². The summed E-state index contributed by atoms with van der Waals surface area (Å²) in [4.78, 5) is 0.712. The molecule has 4 aromatic rings. The Balaban J connectivity index is 1.85. The lowest BCUT2D eigenvalue weighted by Gasteiger charge is -2.18. The van der Waals surface area contributed by atoms with Crippen molar-refractivity contribution in [3.05, 3.63) is 103 Å². The van der Waals surface area contributed by atoms with Crippen LogP contribution in [0.2, 0.25) is 0 Å². The topological polar surface area (TPSA) is 18.5 Å². The minimum atomic E-state index is 0.592. The summed E-state index contributed by atoms with van der Waals surface area (Å²) in [6, 6.07) is 33.4. The zero-order valence-electron chi connectivity index (χ0n) is 14.6. The van der Waals surface area contributed by atoms with Gasteiger partial charge in [0, 0.05) is 5.56 Å². The second-order valence-corrected chi connectivity index (χ2v) is 6.47. The van der Waals surface area contributed by atoms with E-state index in [0.717, 1.165) is 22.6 Å². The minimum Gasteiger partial charge on any atom is -0.453 e. The van der Waals surface area contributed by atoms with Gasteiger partial charge in [0.05, 0.1) is 4.90 Å². The molecule has 0 radical (unpaired) electrons. The van der Waals surface area contributed by atoms with Crippen LogP contribution in [0.15, 0.2) is 108 Å². The fourth-order valence-corrected chi connectivity index (χ4v) is 3.03. The highest BCUT2D eigenvalue weighted by molar-refractivity contribution is 7.80. The van der Waals surface area contributed by atoms with Gasteiger partial charge in [-0.05, 0) is 42.0 Å². The highest BCUT2D eigenvalue weighted by Crippen LogP contribution is 2.46. The van der Waals surface area contributed by atoms with Gasteiger partial charge in [-0.25, -0.2) is 0 Å². The van der Waals surface area contributed by atoms with Crippen LogP contribution in [0.3, 0.4) is 0 Å². The summed E-state index contributed by atoms with van der Waals surface area (Å²) in [5.41, 5.74) is 2.00. The van der Waals surface area contributed by atoms with Crippen molar-refractivity contribution >= 4 is 12.6 Å². The third kappa shape index (κ3) is 3.99. The van der Waals surface area contributed by atoms with Gasteiger partial charge in [0.1, 0.15) is 11.5 Å². The predicted octanol–water partition coefficient (Wildman–Crippen LogP) is 7.23. The molecule has 0 fully saturated rings. The van der Waals surface area contributed by atoms with Crippen LogP contribution < -0.4 is 9.47 Å². The summed E-state index contributed by atoms with van der Waals surface area (Å²) in [6.45, 7) is 0. The summed E-state index contributed by atoms with van der Waals surface area (Å²) in [5.74, 6) is 2.71. The number of hydrogen-bond acceptors (Lipinski definition) is 3. The molecule has 4 rings (SSSR count). The molecule has 0 bridgehead atoms. The summed E-state index contributed by atoms with van der Waals surface area (Å²) >= 11 is 4.62. The van der Waals surface area contributed by atoms with Crippen molar-refractivity contribution in [2.75, 3.05) is 0 Å². The van der Waals surface area contributed by atoms with E-state index in [2.05, 4.69) is 24.8 Å². The Kier molecular flexibility index (Phi) is 5.13. The summed E-state index contributed by atoms with van der Waals surface area (Å²) in [5, 5.41) is 0. The van der Waals surface area contributed by atoms with E-state index in [9.17, 15) is 0 Å². The van der Waals surface area contributed by atoms with E-state index in [0.29, 0.717) is 16.4 Å². The maximum absolute atomic E-state index is 6.27. The lowest BCUT2D eigenvalue weighted by molar-refractivity contribution is 0.412. The first-order valence-corrected chi connectivity index (χ1v) is 9.13. The van der Waals surface area contributed by atoms with E-state index in [-0.39, 0.29) is 0 Å². The van der Waals surface area contributed by atoms with Gasteiger partial charge >= 0.3 is 0 Å². The van der Waals surface area contributed by atoms with Crippen LogP contribution in [-0.2, 0) is 0 Å². The molecule has 3 heteroatoms. The molecule has 0 saturated heterocycles. The zero-order valence-corrected chi connectivity index (χ0v) is 15.5. The van der Waals surface area contributed by atoms with E-state index in [1.165, 1.54) is 0 Å². The van der Waals surface area contributed by atoms with E-state index in [1.807, 2.05) is 91.0 Å². The number of para-hydroxylation sites is 2. The Morgan fingerprint density at radius 1 is 0.481 bits per heavy atom. The SMILES string of the molecule is Sc1ccc(-c2ccccc2)c(Oc2ccccc2)c1Oc1ccccc1. The smallest absolute Gasteiger partial charge is 0.183 e. The van der Waals surface area contributed by atoms with Crippen molar-refractivity contribution < 1.29 is 9.47 Å². The van der Waals surface area contributed by atoms with E-state index in [1.54, 1.807) is 0 Å². The van der Waals surface area contributed by atoms with Crippen LogP contribution in [0.4, 0.5) is 0 Å². The molecule has 0 aromatic heterocycles. The maximum atomic E-state index is 6.27.